The minimum absolute atomic E-state index is 0.0670. The van der Waals surface area contributed by atoms with E-state index in [-0.39, 0.29) is 19.8 Å². The van der Waals surface area contributed by atoms with Gasteiger partial charge in [-0.2, -0.15) is 0 Å². The van der Waals surface area contributed by atoms with E-state index in [0.29, 0.717) is 5.52 Å². The number of rotatable bonds is 3. The normalized spacial score (nSPS) is 11.9. The highest BCUT2D eigenvalue weighted by molar-refractivity contribution is 7.91. The zero-order valence-corrected chi connectivity index (χ0v) is 17.9. The zero-order chi connectivity index (χ0) is 20.9. The van der Waals surface area contributed by atoms with Crippen LogP contribution in [0.4, 0.5) is 0 Å². The average molecular weight is 452 g/mol. The van der Waals surface area contributed by atoms with Gasteiger partial charge >= 0.3 is 0 Å². The molecule has 0 atom stereocenters. The van der Waals surface area contributed by atoms with Gasteiger partial charge in [0.25, 0.3) is 0 Å². The summed E-state index contributed by atoms with van der Waals surface area (Å²) in [7, 11) is -3.88. The van der Waals surface area contributed by atoms with Crippen LogP contribution in [-0.4, -0.2) is 13.0 Å². The lowest BCUT2D eigenvalue weighted by atomic mass is 10.1. The topological polar surface area (TPSA) is 39.1 Å². The number of benzene rings is 4. The molecule has 0 amide bonds. The summed E-state index contributed by atoms with van der Waals surface area (Å²) in [5.74, 6) is 0. The van der Waals surface area contributed by atoms with Crippen LogP contribution in [0.5, 0.6) is 0 Å². The zero-order valence-electron chi connectivity index (χ0n) is 15.6. The molecular formula is C24H15Cl2NO2S. The number of fused-ring (bicyclic) bond motifs is 3. The van der Waals surface area contributed by atoms with Gasteiger partial charge in [0.15, 0.2) is 0 Å². The summed E-state index contributed by atoms with van der Waals surface area (Å²) in [6.07, 6.45) is 0. The van der Waals surface area contributed by atoms with Gasteiger partial charge in [0.05, 0.1) is 20.8 Å². The summed E-state index contributed by atoms with van der Waals surface area (Å²) in [6, 6.07) is 27.3. The Morgan fingerprint density at radius 2 is 1.30 bits per heavy atom. The second-order valence-corrected chi connectivity index (χ2v) is 9.74. The molecule has 0 aliphatic carbocycles. The van der Waals surface area contributed by atoms with Crippen LogP contribution in [0.1, 0.15) is 0 Å². The molecule has 0 aliphatic rings. The molecule has 0 radical (unpaired) electrons. The molecule has 0 unspecified atom stereocenters. The molecule has 3 nitrogen and oxygen atoms in total. The van der Waals surface area contributed by atoms with Gasteiger partial charge in [-0.1, -0.05) is 71.7 Å². The maximum atomic E-state index is 13.7. The van der Waals surface area contributed by atoms with Crippen LogP contribution in [0.25, 0.3) is 27.5 Å². The highest BCUT2D eigenvalue weighted by Crippen LogP contribution is 2.38. The van der Waals surface area contributed by atoms with Crippen LogP contribution in [0.2, 0.25) is 10.0 Å². The maximum Gasteiger partial charge on any atom is 0.208 e. The fraction of sp³-hybridized carbons (Fsp3) is 0. The lowest BCUT2D eigenvalue weighted by Gasteiger charge is -2.12. The van der Waals surface area contributed by atoms with Gasteiger partial charge in [-0.25, -0.2) is 8.42 Å². The standard InChI is InChI=1S/C24H15Cl2NO2S/c25-16-13-17(26)15-19(14-16)30(28,29)23-12-6-10-21-20-9-4-5-11-22(20)27(24(21)23)18-7-2-1-3-8-18/h1-15H. The average Bonchev–Trinajstić information content (AvgIpc) is 3.08. The Labute approximate surface area is 184 Å². The maximum absolute atomic E-state index is 13.7. The first-order chi connectivity index (χ1) is 14.5. The monoisotopic (exact) mass is 451 g/mol. The number of sulfone groups is 1. The molecule has 6 heteroatoms. The van der Waals surface area contributed by atoms with E-state index in [1.54, 1.807) is 12.1 Å². The molecule has 148 valence electrons. The predicted molar refractivity (Wildman–Crippen MR) is 123 cm³/mol. The third kappa shape index (κ3) is 3.00. The van der Waals surface area contributed by atoms with E-state index >= 15 is 0 Å². The highest BCUT2D eigenvalue weighted by Gasteiger charge is 2.25. The second-order valence-electron chi connectivity index (χ2n) is 6.95. The lowest BCUT2D eigenvalue weighted by molar-refractivity contribution is 0.596. The Morgan fingerprint density at radius 3 is 2.03 bits per heavy atom. The van der Waals surface area contributed by atoms with Gasteiger partial charge in [0, 0.05) is 26.5 Å². The van der Waals surface area contributed by atoms with E-state index in [9.17, 15) is 8.42 Å². The summed E-state index contributed by atoms with van der Waals surface area (Å²) in [5.41, 5.74) is 2.45. The van der Waals surface area contributed by atoms with Gasteiger partial charge in [0.2, 0.25) is 9.84 Å². The third-order valence-corrected chi connectivity index (χ3v) is 7.31. The fourth-order valence-electron chi connectivity index (χ4n) is 3.86. The molecule has 1 heterocycles. The van der Waals surface area contributed by atoms with Crippen LogP contribution in [0, 0.1) is 0 Å². The molecule has 30 heavy (non-hydrogen) atoms. The van der Waals surface area contributed by atoms with Gasteiger partial charge < -0.3 is 4.57 Å². The summed E-state index contributed by atoms with van der Waals surface area (Å²) in [4.78, 5) is 0.274. The molecule has 0 fully saturated rings. The number of para-hydroxylation sites is 3. The molecular weight excluding hydrogens is 437 g/mol. The van der Waals surface area contributed by atoms with Gasteiger partial charge in [0.1, 0.15) is 0 Å². The van der Waals surface area contributed by atoms with E-state index in [0.717, 1.165) is 22.0 Å². The Bertz CT molecular complexity index is 1500. The van der Waals surface area contributed by atoms with Crippen molar-refractivity contribution in [2.75, 3.05) is 0 Å². The first kappa shape index (κ1) is 19.2. The van der Waals surface area contributed by atoms with Crippen molar-refractivity contribution in [3.8, 4) is 5.69 Å². The molecule has 0 bridgehead atoms. The Kier molecular flexibility index (Phi) is 4.58. The Balaban J connectivity index is 1.93. The lowest BCUT2D eigenvalue weighted by Crippen LogP contribution is -2.05. The summed E-state index contributed by atoms with van der Waals surface area (Å²) in [5, 5.41) is 2.40. The largest absolute Gasteiger partial charge is 0.308 e. The molecule has 1 aromatic heterocycles. The van der Waals surface area contributed by atoms with Crippen LogP contribution >= 0.6 is 23.2 Å². The van der Waals surface area contributed by atoms with Crippen molar-refractivity contribution in [2.24, 2.45) is 0 Å². The molecule has 4 aromatic carbocycles. The SMILES string of the molecule is O=S(=O)(c1cc(Cl)cc(Cl)c1)c1cccc2c3ccccc3n(-c3ccccc3)c12. The van der Waals surface area contributed by atoms with E-state index in [1.807, 2.05) is 65.2 Å². The first-order valence-corrected chi connectivity index (χ1v) is 11.5. The summed E-state index contributed by atoms with van der Waals surface area (Å²) < 4.78 is 29.4. The predicted octanol–water partition coefficient (Wildman–Crippen LogP) is 6.92. The number of hydrogen-bond acceptors (Lipinski definition) is 2. The van der Waals surface area contributed by atoms with Crippen LogP contribution in [0.3, 0.4) is 0 Å². The smallest absolute Gasteiger partial charge is 0.208 e. The quantitative estimate of drug-likeness (QED) is 0.298. The third-order valence-electron chi connectivity index (χ3n) is 5.11. The minimum atomic E-state index is -3.88. The summed E-state index contributed by atoms with van der Waals surface area (Å²) >= 11 is 12.2. The van der Waals surface area contributed by atoms with Crippen LogP contribution in [0.15, 0.2) is 101 Å². The number of hydrogen-bond donors (Lipinski definition) is 0. The number of halogens is 2. The number of aromatic nitrogens is 1. The van der Waals surface area contributed by atoms with Crippen molar-refractivity contribution in [3.63, 3.8) is 0 Å². The van der Waals surface area contributed by atoms with Gasteiger partial charge in [-0.3, -0.25) is 0 Å². The van der Waals surface area contributed by atoms with E-state index in [1.165, 1.54) is 18.2 Å². The van der Waals surface area contributed by atoms with Crippen molar-refractivity contribution >= 4 is 54.8 Å². The van der Waals surface area contributed by atoms with Crippen LogP contribution < -0.4 is 0 Å². The Morgan fingerprint density at radius 1 is 0.667 bits per heavy atom. The van der Waals surface area contributed by atoms with E-state index in [4.69, 9.17) is 23.2 Å². The molecule has 0 saturated carbocycles. The summed E-state index contributed by atoms with van der Waals surface area (Å²) in [6.45, 7) is 0. The van der Waals surface area contributed by atoms with Gasteiger partial charge in [-0.15, -0.1) is 0 Å². The molecule has 0 N–H and O–H groups in total. The van der Waals surface area contributed by atoms with Crippen molar-refractivity contribution in [3.05, 3.63) is 101 Å². The van der Waals surface area contributed by atoms with Crippen LogP contribution in [-0.2, 0) is 9.84 Å². The first-order valence-electron chi connectivity index (χ1n) is 9.25. The van der Waals surface area contributed by atoms with E-state index in [2.05, 4.69) is 0 Å². The molecule has 5 rings (SSSR count). The number of nitrogens with zero attached hydrogens (tertiary/aromatic N) is 1. The minimum Gasteiger partial charge on any atom is -0.308 e. The second kappa shape index (κ2) is 7.17. The Hall–Kier alpha value is -2.79. The van der Waals surface area contributed by atoms with Crippen molar-refractivity contribution < 1.29 is 8.42 Å². The van der Waals surface area contributed by atoms with Crippen molar-refractivity contribution in [1.29, 1.82) is 0 Å². The van der Waals surface area contributed by atoms with E-state index < -0.39 is 9.84 Å². The van der Waals surface area contributed by atoms with Crippen molar-refractivity contribution in [2.45, 2.75) is 9.79 Å². The molecule has 0 saturated heterocycles. The fourth-order valence-corrected chi connectivity index (χ4v) is 6.05. The van der Waals surface area contributed by atoms with Crippen molar-refractivity contribution in [1.82, 2.24) is 4.57 Å². The molecule has 5 aromatic rings. The van der Waals surface area contributed by atoms with Gasteiger partial charge in [-0.05, 0) is 42.5 Å². The molecule has 0 aliphatic heterocycles. The highest BCUT2D eigenvalue weighted by atomic mass is 35.5. The molecule has 0 spiro atoms.